The Balaban J connectivity index is 2.35. The van der Waals surface area contributed by atoms with Gasteiger partial charge >= 0.3 is 0 Å². The van der Waals surface area contributed by atoms with Crippen molar-refractivity contribution in [3.05, 3.63) is 35.9 Å². The first kappa shape index (κ1) is 14.7. The molecule has 18 heavy (non-hydrogen) atoms. The van der Waals surface area contributed by atoms with Gasteiger partial charge in [0.05, 0.1) is 12.6 Å². The minimum atomic E-state index is -0.438. The molecular formula is C14H22N2O2. The number of carbonyl (C=O) groups is 1. The molecule has 1 aromatic carbocycles. The molecule has 0 aliphatic rings. The highest BCUT2D eigenvalue weighted by Gasteiger charge is 2.17. The molecule has 4 heteroatoms. The van der Waals surface area contributed by atoms with Gasteiger partial charge in [-0.05, 0) is 18.4 Å². The molecule has 1 amide bonds. The minimum absolute atomic E-state index is 0.0250. The summed E-state index contributed by atoms with van der Waals surface area (Å²) in [5.41, 5.74) is 7.11. The molecule has 0 saturated carbocycles. The molecule has 0 spiro atoms. The van der Waals surface area contributed by atoms with Gasteiger partial charge in [0.1, 0.15) is 0 Å². The van der Waals surface area contributed by atoms with E-state index >= 15 is 0 Å². The van der Waals surface area contributed by atoms with E-state index < -0.39 is 6.04 Å². The monoisotopic (exact) mass is 250 g/mol. The van der Waals surface area contributed by atoms with Crippen LogP contribution in [0.5, 0.6) is 0 Å². The van der Waals surface area contributed by atoms with Crippen molar-refractivity contribution < 1.29 is 9.53 Å². The number of ether oxygens (including phenoxy) is 1. The number of hydrogen-bond acceptors (Lipinski definition) is 3. The van der Waals surface area contributed by atoms with E-state index in [4.69, 9.17) is 10.5 Å². The highest BCUT2D eigenvalue weighted by atomic mass is 16.5. The maximum atomic E-state index is 11.9. The number of hydrogen-bond donors (Lipinski definition) is 1. The lowest BCUT2D eigenvalue weighted by Gasteiger charge is -2.20. The van der Waals surface area contributed by atoms with Crippen LogP contribution in [0.1, 0.15) is 12.0 Å². The van der Waals surface area contributed by atoms with Gasteiger partial charge in [0.2, 0.25) is 5.91 Å². The molecule has 0 heterocycles. The summed E-state index contributed by atoms with van der Waals surface area (Å²) in [6.07, 6.45) is 1.49. The topological polar surface area (TPSA) is 55.6 Å². The second-order valence-corrected chi connectivity index (χ2v) is 4.38. The lowest BCUT2D eigenvalue weighted by Crippen LogP contribution is -2.43. The fourth-order valence-electron chi connectivity index (χ4n) is 1.71. The molecule has 1 rings (SSSR count). The Hall–Kier alpha value is -1.39. The molecule has 0 bridgehead atoms. The van der Waals surface area contributed by atoms with Gasteiger partial charge in [-0.1, -0.05) is 30.3 Å². The molecule has 2 N–H and O–H groups in total. The van der Waals surface area contributed by atoms with Crippen LogP contribution < -0.4 is 5.73 Å². The number of carbonyl (C=O) groups excluding carboxylic acids is 1. The molecule has 0 aliphatic heterocycles. The summed E-state index contributed by atoms with van der Waals surface area (Å²) < 4.78 is 4.94. The second-order valence-electron chi connectivity index (χ2n) is 4.38. The van der Waals surface area contributed by atoms with E-state index in [-0.39, 0.29) is 5.91 Å². The van der Waals surface area contributed by atoms with Crippen LogP contribution in [0.3, 0.4) is 0 Å². The van der Waals surface area contributed by atoms with Gasteiger partial charge in [-0.2, -0.15) is 0 Å². The van der Waals surface area contributed by atoms with E-state index in [1.807, 2.05) is 30.3 Å². The Morgan fingerprint density at radius 1 is 1.39 bits per heavy atom. The first-order valence-electron chi connectivity index (χ1n) is 6.18. The lowest BCUT2D eigenvalue weighted by molar-refractivity contribution is -0.131. The standard InChI is InChI=1S/C14H22N2O2/c1-16(10-11-18-2)14(17)13(15)9-8-12-6-4-3-5-7-12/h3-7,13H,8-11,15H2,1-2H3. The van der Waals surface area contributed by atoms with E-state index in [2.05, 4.69) is 0 Å². The normalized spacial score (nSPS) is 12.2. The van der Waals surface area contributed by atoms with Crippen molar-refractivity contribution in [1.82, 2.24) is 4.90 Å². The molecule has 0 aromatic heterocycles. The first-order chi connectivity index (χ1) is 8.65. The average Bonchev–Trinajstić information content (AvgIpc) is 2.42. The summed E-state index contributed by atoms with van der Waals surface area (Å²) in [4.78, 5) is 13.5. The zero-order chi connectivity index (χ0) is 13.4. The molecule has 0 aliphatic carbocycles. The predicted molar refractivity (Wildman–Crippen MR) is 72.3 cm³/mol. The molecule has 0 radical (unpaired) electrons. The van der Waals surface area contributed by atoms with Crippen molar-refractivity contribution in [2.24, 2.45) is 5.73 Å². The van der Waals surface area contributed by atoms with E-state index in [0.29, 0.717) is 19.6 Å². The van der Waals surface area contributed by atoms with Crippen LogP contribution in [0, 0.1) is 0 Å². The number of nitrogens with two attached hydrogens (primary N) is 1. The van der Waals surface area contributed by atoms with Crippen molar-refractivity contribution in [3.8, 4) is 0 Å². The smallest absolute Gasteiger partial charge is 0.239 e. The Morgan fingerprint density at radius 3 is 2.67 bits per heavy atom. The third-order valence-electron chi connectivity index (χ3n) is 2.91. The van der Waals surface area contributed by atoms with Gasteiger partial charge in [-0.15, -0.1) is 0 Å². The Morgan fingerprint density at radius 2 is 2.06 bits per heavy atom. The van der Waals surface area contributed by atoms with Crippen molar-refractivity contribution in [2.45, 2.75) is 18.9 Å². The highest BCUT2D eigenvalue weighted by Crippen LogP contribution is 2.05. The van der Waals surface area contributed by atoms with Gasteiger partial charge < -0.3 is 15.4 Å². The van der Waals surface area contributed by atoms with Gasteiger partial charge in [-0.3, -0.25) is 4.79 Å². The lowest BCUT2D eigenvalue weighted by atomic mass is 10.1. The summed E-state index contributed by atoms with van der Waals surface area (Å²) in [5.74, 6) is -0.0250. The van der Waals surface area contributed by atoms with Crippen LogP contribution in [-0.4, -0.2) is 44.2 Å². The Labute approximate surface area is 109 Å². The number of aryl methyl sites for hydroxylation is 1. The Bertz CT molecular complexity index is 354. The molecule has 4 nitrogen and oxygen atoms in total. The molecule has 100 valence electrons. The third-order valence-corrected chi connectivity index (χ3v) is 2.91. The zero-order valence-corrected chi connectivity index (χ0v) is 11.1. The molecule has 1 atom stereocenters. The fraction of sp³-hybridized carbons (Fsp3) is 0.500. The molecule has 1 aromatic rings. The average molecular weight is 250 g/mol. The number of methoxy groups -OCH3 is 1. The summed E-state index contributed by atoms with van der Waals surface area (Å²) in [7, 11) is 3.37. The molecule has 0 saturated heterocycles. The van der Waals surface area contributed by atoms with Crippen LogP contribution >= 0.6 is 0 Å². The van der Waals surface area contributed by atoms with Crippen molar-refractivity contribution in [2.75, 3.05) is 27.3 Å². The van der Waals surface area contributed by atoms with Crippen LogP contribution in [0.4, 0.5) is 0 Å². The third kappa shape index (κ3) is 4.85. The van der Waals surface area contributed by atoms with Crippen LogP contribution in [-0.2, 0) is 16.0 Å². The number of rotatable bonds is 7. The summed E-state index contributed by atoms with van der Waals surface area (Å²) in [5, 5.41) is 0. The maximum Gasteiger partial charge on any atom is 0.239 e. The van der Waals surface area contributed by atoms with Gasteiger partial charge in [0.15, 0.2) is 0 Å². The van der Waals surface area contributed by atoms with Crippen molar-refractivity contribution in [1.29, 1.82) is 0 Å². The van der Waals surface area contributed by atoms with Crippen molar-refractivity contribution >= 4 is 5.91 Å². The molecule has 1 unspecified atom stereocenters. The fourth-order valence-corrected chi connectivity index (χ4v) is 1.71. The zero-order valence-electron chi connectivity index (χ0n) is 11.1. The van der Waals surface area contributed by atoms with Crippen molar-refractivity contribution in [3.63, 3.8) is 0 Å². The minimum Gasteiger partial charge on any atom is -0.383 e. The summed E-state index contributed by atoms with van der Waals surface area (Å²) in [6.45, 7) is 1.11. The van der Waals surface area contributed by atoms with E-state index in [0.717, 1.165) is 6.42 Å². The number of benzene rings is 1. The number of likely N-dealkylation sites (N-methyl/N-ethyl adjacent to an activating group) is 1. The predicted octanol–water partition coefficient (Wildman–Crippen LogP) is 1.05. The van der Waals surface area contributed by atoms with Crippen LogP contribution in [0.2, 0.25) is 0 Å². The van der Waals surface area contributed by atoms with Crippen LogP contribution in [0.15, 0.2) is 30.3 Å². The van der Waals surface area contributed by atoms with E-state index in [1.54, 1.807) is 19.1 Å². The Kier molecular flexibility index (Phi) is 6.39. The number of amides is 1. The second kappa shape index (κ2) is 7.84. The highest BCUT2D eigenvalue weighted by molar-refractivity contribution is 5.81. The SMILES string of the molecule is COCCN(C)C(=O)C(N)CCc1ccccc1. The first-order valence-corrected chi connectivity index (χ1v) is 6.18. The molecule has 0 fully saturated rings. The van der Waals surface area contributed by atoms with Gasteiger partial charge in [0, 0.05) is 20.7 Å². The van der Waals surface area contributed by atoms with Gasteiger partial charge in [-0.25, -0.2) is 0 Å². The largest absolute Gasteiger partial charge is 0.383 e. The summed E-state index contributed by atoms with van der Waals surface area (Å²) >= 11 is 0. The number of nitrogens with zero attached hydrogens (tertiary/aromatic N) is 1. The van der Waals surface area contributed by atoms with E-state index in [1.165, 1.54) is 5.56 Å². The maximum absolute atomic E-state index is 11.9. The van der Waals surface area contributed by atoms with E-state index in [9.17, 15) is 4.79 Å². The molecular weight excluding hydrogens is 228 g/mol. The van der Waals surface area contributed by atoms with Gasteiger partial charge in [0.25, 0.3) is 0 Å². The quantitative estimate of drug-likeness (QED) is 0.787. The van der Waals surface area contributed by atoms with Crippen LogP contribution in [0.25, 0.3) is 0 Å². The summed E-state index contributed by atoms with van der Waals surface area (Å²) in [6, 6.07) is 9.62.